The van der Waals surface area contributed by atoms with Gasteiger partial charge in [0.15, 0.2) is 0 Å². The number of methoxy groups -OCH3 is 1. The third-order valence-corrected chi connectivity index (χ3v) is 5.90. The zero-order valence-electron chi connectivity index (χ0n) is 16.4. The number of carbonyl (C=O) groups excluding carboxylic acids is 3. The van der Waals surface area contributed by atoms with Crippen molar-refractivity contribution in [2.75, 3.05) is 32.1 Å². The van der Waals surface area contributed by atoms with Crippen molar-refractivity contribution >= 4 is 34.8 Å². The summed E-state index contributed by atoms with van der Waals surface area (Å²) in [4.78, 5) is 38.7. The maximum atomic E-state index is 12.3. The summed E-state index contributed by atoms with van der Waals surface area (Å²) in [7, 11) is 1.32. The van der Waals surface area contributed by atoms with Crippen LogP contribution >= 0.6 is 11.3 Å². The Balaban J connectivity index is 1.79. The van der Waals surface area contributed by atoms with Gasteiger partial charge in [-0.2, -0.15) is 0 Å². The average Bonchev–Trinajstić information content (AvgIpc) is 3.09. The second kappa shape index (κ2) is 9.85. The van der Waals surface area contributed by atoms with E-state index in [0.717, 1.165) is 12.8 Å². The van der Waals surface area contributed by atoms with Crippen LogP contribution in [-0.2, 0) is 14.3 Å². The van der Waals surface area contributed by atoms with Crippen molar-refractivity contribution in [2.45, 2.75) is 39.7 Å². The molecule has 0 spiro atoms. The van der Waals surface area contributed by atoms with Crippen molar-refractivity contribution in [3.8, 4) is 0 Å². The predicted molar refractivity (Wildman–Crippen MR) is 106 cm³/mol. The molecule has 150 valence electrons. The standard InChI is InChI=1S/C19H29N3O4S/c1-12(2)13(3)20-18(24)14-5-8-22(9-6-14)11-16(23)21-15-7-10-27-17(15)19(25)26-4/h7,10,12-14H,5-6,8-9,11H2,1-4H3,(H,20,24)(H,21,23). The summed E-state index contributed by atoms with van der Waals surface area (Å²) in [6.07, 6.45) is 1.49. The number of nitrogens with one attached hydrogen (secondary N) is 2. The highest BCUT2D eigenvalue weighted by atomic mass is 32.1. The molecule has 1 saturated heterocycles. The molecule has 1 aromatic heterocycles. The number of nitrogens with zero attached hydrogens (tertiary/aromatic N) is 1. The molecule has 0 bridgehead atoms. The first-order chi connectivity index (χ1) is 12.8. The Morgan fingerprint density at radius 3 is 2.52 bits per heavy atom. The van der Waals surface area contributed by atoms with Crippen LogP contribution in [-0.4, -0.2) is 55.5 Å². The summed E-state index contributed by atoms with van der Waals surface area (Å²) in [6, 6.07) is 1.86. The second-order valence-corrected chi connectivity index (χ2v) is 8.21. The van der Waals surface area contributed by atoms with Crippen molar-refractivity contribution in [1.29, 1.82) is 0 Å². The third kappa shape index (κ3) is 6.04. The van der Waals surface area contributed by atoms with E-state index in [-0.39, 0.29) is 30.3 Å². The number of hydrogen-bond donors (Lipinski definition) is 2. The minimum atomic E-state index is -0.456. The van der Waals surface area contributed by atoms with E-state index in [4.69, 9.17) is 4.74 Å². The van der Waals surface area contributed by atoms with Gasteiger partial charge in [0.1, 0.15) is 4.88 Å². The van der Waals surface area contributed by atoms with Crippen molar-refractivity contribution in [1.82, 2.24) is 10.2 Å². The van der Waals surface area contributed by atoms with Crippen LogP contribution in [0.2, 0.25) is 0 Å². The van der Waals surface area contributed by atoms with E-state index in [2.05, 4.69) is 24.5 Å². The van der Waals surface area contributed by atoms with Gasteiger partial charge in [0.25, 0.3) is 0 Å². The van der Waals surface area contributed by atoms with Crippen LogP contribution in [0.5, 0.6) is 0 Å². The highest BCUT2D eigenvalue weighted by Crippen LogP contribution is 2.23. The molecular formula is C19H29N3O4S. The number of esters is 1. The molecule has 7 nitrogen and oxygen atoms in total. The smallest absolute Gasteiger partial charge is 0.350 e. The molecule has 0 saturated carbocycles. The molecule has 0 radical (unpaired) electrons. The lowest BCUT2D eigenvalue weighted by molar-refractivity contribution is -0.127. The van der Waals surface area contributed by atoms with Gasteiger partial charge in [-0.15, -0.1) is 11.3 Å². The zero-order valence-corrected chi connectivity index (χ0v) is 17.2. The highest BCUT2D eigenvalue weighted by Gasteiger charge is 2.27. The molecule has 8 heteroatoms. The summed E-state index contributed by atoms with van der Waals surface area (Å²) in [5, 5.41) is 7.59. The number of thiophene rings is 1. The first-order valence-corrected chi connectivity index (χ1v) is 10.2. The zero-order chi connectivity index (χ0) is 20.0. The molecule has 2 rings (SSSR count). The Labute approximate surface area is 164 Å². The van der Waals surface area contributed by atoms with Gasteiger partial charge in [-0.25, -0.2) is 4.79 Å². The predicted octanol–water partition coefficient (Wildman–Crippen LogP) is 2.35. The summed E-state index contributed by atoms with van der Waals surface area (Å²) in [5.41, 5.74) is 0.480. The second-order valence-electron chi connectivity index (χ2n) is 7.29. The van der Waals surface area contributed by atoms with Gasteiger partial charge in [-0.05, 0) is 50.2 Å². The topological polar surface area (TPSA) is 87.7 Å². The molecule has 1 aliphatic rings. The quantitative estimate of drug-likeness (QED) is 0.692. The molecule has 0 aliphatic carbocycles. The summed E-state index contributed by atoms with van der Waals surface area (Å²) < 4.78 is 4.71. The Kier molecular flexibility index (Phi) is 7.79. The Morgan fingerprint density at radius 2 is 1.93 bits per heavy atom. The summed E-state index contributed by atoms with van der Waals surface area (Å²) in [5.74, 6) is -0.100. The maximum Gasteiger partial charge on any atom is 0.350 e. The van der Waals surface area contributed by atoms with Crippen molar-refractivity contribution in [2.24, 2.45) is 11.8 Å². The van der Waals surface area contributed by atoms with Crippen molar-refractivity contribution < 1.29 is 19.1 Å². The number of piperidine rings is 1. The lowest BCUT2D eigenvalue weighted by atomic mass is 9.95. The molecule has 1 aromatic rings. The number of ether oxygens (including phenoxy) is 1. The number of anilines is 1. The number of hydrogen-bond acceptors (Lipinski definition) is 6. The first-order valence-electron chi connectivity index (χ1n) is 9.30. The minimum absolute atomic E-state index is 0.00770. The Morgan fingerprint density at radius 1 is 1.26 bits per heavy atom. The Bertz CT molecular complexity index is 666. The van der Waals surface area contributed by atoms with E-state index >= 15 is 0 Å². The van der Waals surface area contributed by atoms with Crippen LogP contribution in [0.4, 0.5) is 5.69 Å². The van der Waals surface area contributed by atoms with E-state index in [1.165, 1.54) is 18.4 Å². The third-order valence-electron chi connectivity index (χ3n) is 5.01. The van der Waals surface area contributed by atoms with E-state index in [0.29, 0.717) is 29.6 Å². The Hall–Kier alpha value is -1.93. The highest BCUT2D eigenvalue weighted by molar-refractivity contribution is 7.12. The summed E-state index contributed by atoms with van der Waals surface area (Å²) >= 11 is 1.23. The monoisotopic (exact) mass is 395 g/mol. The van der Waals surface area contributed by atoms with Gasteiger partial charge in [0.05, 0.1) is 19.3 Å². The molecule has 2 heterocycles. The fraction of sp³-hybridized carbons (Fsp3) is 0.632. The molecule has 1 unspecified atom stereocenters. The van der Waals surface area contributed by atoms with Gasteiger partial charge in [0, 0.05) is 12.0 Å². The van der Waals surface area contributed by atoms with Gasteiger partial charge < -0.3 is 15.4 Å². The van der Waals surface area contributed by atoms with Gasteiger partial charge in [-0.3, -0.25) is 14.5 Å². The molecule has 1 atom stereocenters. The molecule has 2 N–H and O–H groups in total. The molecule has 1 aliphatic heterocycles. The largest absolute Gasteiger partial charge is 0.465 e. The number of amides is 2. The van der Waals surface area contributed by atoms with E-state index in [1.807, 2.05) is 11.8 Å². The van der Waals surface area contributed by atoms with Gasteiger partial charge in [0.2, 0.25) is 11.8 Å². The molecule has 0 aromatic carbocycles. The van der Waals surface area contributed by atoms with Crippen molar-refractivity contribution in [3.63, 3.8) is 0 Å². The fourth-order valence-electron chi connectivity index (χ4n) is 2.91. The van der Waals surface area contributed by atoms with E-state index < -0.39 is 5.97 Å². The lowest BCUT2D eigenvalue weighted by Crippen LogP contribution is -2.45. The van der Waals surface area contributed by atoms with E-state index in [1.54, 1.807) is 11.4 Å². The van der Waals surface area contributed by atoms with Gasteiger partial charge in [-0.1, -0.05) is 13.8 Å². The SMILES string of the molecule is COC(=O)c1sccc1NC(=O)CN1CCC(C(=O)NC(C)C(C)C)CC1. The van der Waals surface area contributed by atoms with Crippen LogP contribution in [0.3, 0.4) is 0 Å². The van der Waals surface area contributed by atoms with Crippen LogP contribution in [0.1, 0.15) is 43.3 Å². The van der Waals surface area contributed by atoms with Crippen LogP contribution in [0.15, 0.2) is 11.4 Å². The minimum Gasteiger partial charge on any atom is -0.465 e. The van der Waals surface area contributed by atoms with Gasteiger partial charge >= 0.3 is 5.97 Å². The molecule has 2 amide bonds. The van der Waals surface area contributed by atoms with Crippen LogP contribution < -0.4 is 10.6 Å². The maximum absolute atomic E-state index is 12.3. The number of rotatable bonds is 7. The van der Waals surface area contributed by atoms with E-state index in [9.17, 15) is 14.4 Å². The first kappa shape index (κ1) is 21.4. The normalized spacial score (nSPS) is 16.8. The summed E-state index contributed by atoms with van der Waals surface area (Å²) in [6.45, 7) is 7.85. The van der Waals surface area contributed by atoms with Crippen LogP contribution in [0, 0.1) is 11.8 Å². The average molecular weight is 396 g/mol. The molecule has 1 fully saturated rings. The fourth-order valence-corrected chi connectivity index (χ4v) is 3.68. The molecule has 27 heavy (non-hydrogen) atoms. The lowest BCUT2D eigenvalue weighted by Gasteiger charge is -2.31. The van der Waals surface area contributed by atoms with Crippen LogP contribution in [0.25, 0.3) is 0 Å². The molecular weight excluding hydrogens is 366 g/mol. The van der Waals surface area contributed by atoms with Crippen molar-refractivity contribution in [3.05, 3.63) is 16.3 Å². The number of likely N-dealkylation sites (tertiary alicyclic amines) is 1. The number of carbonyl (C=O) groups is 3.